The largest absolute Gasteiger partial charge is 0.384 e. The van der Waals surface area contributed by atoms with E-state index in [4.69, 9.17) is 5.73 Å². The molecule has 0 bridgehead atoms. The fourth-order valence-electron chi connectivity index (χ4n) is 2.59. The highest BCUT2D eigenvalue weighted by Crippen LogP contribution is 2.33. The van der Waals surface area contributed by atoms with Crippen LogP contribution >= 0.6 is 0 Å². The van der Waals surface area contributed by atoms with E-state index in [0.717, 1.165) is 24.6 Å². The lowest BCUT2D eigenvalue weighted by Crippen LogP contribution is -2.39. The first-order valence-electron chi connectivity index (χ1n) is 7.28. The van der Waals surface area contributed by atoms with Crippen LogP contribution in [0.5, 0.6) is 0 Å². The molecule has 1 aromatic heterocycles. The number of carbonyl (C=O) groups is 1. The van der Waals surface area contributed by atoms with Gasteiger partial charge in [0, 0.05) is 31.6 Å². The van der Waals surface area contributed by atoms with Gasteiger partial charge in [-0.2, -0.15) is 0 Å². The highest BCUT2D eigenvalue weighted by molar-refractivity contribution is 5.83. The van der Waals surface area contributed by atoms with E-state index < -0.39 is 0 Å². The summed E-state index contributed by atoms with van der Waals surface area (Å²) in [6.45, 7) is 9.61. The lowest BCUT2D eigenvalue weighted by atomic mass is 9.89. The second-order valence-electron chi connectivity index (χ2n) is 7.04. The lowest BCUT2D eigenvalue weighted by molar-refractivity contribution is -0.128. The summed E-state index contributed by atoms with van der Waals surface area (Å²) in [6, 6.07) is 1.78. The molecule has 1 aliphatic rings. The minimum atomic E-state index is -0.379. The SMILES string of the molecule is CNC(=O)C1(C)CCN(c2cc(N)nc(C(C)(C)C)n2)C1. The highest BCUT2D eigenvalue weighted by Gasteiger charge is 2.40. The Hall–Kier alpha value is -1.85. The summed E-state index contributed by atoms with van der Waals surface area (Å²) in [4.78, 5) is 23.1. The topological polar surface area (TPSA) is 84.1 Å². The molecule has 21 heavy (non-hydrogen) atoms. The molecule has 0 spiro atoms. The van der Waals surface area contributed by atoms with Gasteiger partial charge in [-0.1, -0.05) is 20.8 Å². The maximum atomic E-state index is 12.0. The lowest BCUT2D eigenvalue weighted by Gasteiger charge is -2.25. The molecule has 116 valence electrons. The molecule has 2 heterocycles. The van der Waals surface area contributed by atoms with Crippen LogP contribution in [0, 0.1) is 5.41 Å². The second kappa shape index (κ2) is 5.16. The van der Waals surface area contributed by atoms with Crippen molar-refractivity contribution in [3.8, 4) is 0 Å². The van der Waals surface area contributed by atoms with Crippen molar-refractivity contribution in [2.24, 2.45) is 5.41 Å². The molecule has 1 atom stereocenters. The number of carbonyl (C=O) groups excluding carboxylic acids is 1. The van der Waals surface area contributed by atoms with Crippen molar-refractivity contribution in [1.82, 2.24) is 15.3 Å². The summed E-state index contributed by atoms with van der Waals surface area (Å²) in [5.41, 5.74) is 5.38. The van der Waals surface area contributed by atoms with E-state index >= 15 is 0 Å². The van der Waals surface area contributed by atoms with Crippen molar-refractivity contribution >= 4 is 17.5 Å². The van der Waals surface area contributed by atoms with Gasteiger partial charge in [0.25, 0.3) is 0 Å². The first kappa shape index (κ1) is 15.5. The molecule has 1 saturated heterocycles. The smallest absolute Gasteiger partial charge is 0.227 e. The molecule has 1 amide bonds. The average Bonchev–Trinajstić information content (AvgIpc) is 2.80. The quantitative estimate of drug-likeness (QED) is 0.858. The van der Waals surface area contributed by atoms with Gasteiger partial charge < -0.3 is 16.0 Å². The van der Waals surface area contributed by atoms with E-state index in [0.29, 0.717) is 12.4 Å². The molecule has 0 aliphatic carbocycles. The third-order valence-electron chi connectivity index (χ3n) is 3.98. The van der Waals surface area contributed by atoms with Crippen LogP contribution in [0.1, 0.15) is 39.9 Å². The summed E-state index contributed by atoms with van der Waals surface area (Å²) in [6.07, 6.45) is 0.807. The number of hydrogen-bond donors (Lipinski definition) is 2. The van der Waals surface area contributed by atoms with Crippen molar-refractivity contribution in [2.75, 3.05) is 30.8 Å². The van der Waals surface area contributed by atoms with Crippen molar-refractivity contribution in [2.45, 2.75) is 39.5 Å². The predicted octanol–water partition coefficient (Wildman–Crippen LogP) is 1.32. The van der Waals surface area contributed by atoms with Gasteiger partial charge in [-0.15, -0.1) is 0 Å². The predicted molar refractivity (Wildman–Crippen MR) is 84.1 cm³/mol. The number of nitrogens with two attached hydrogens (primary N) is 1. The van der Waals surface area contributed by atoms with Gasteiger partial charge in [-0.3, -0.25) is 4.79 Å². The normalized spacial score (nSPS) is 22.4. The Kier molecular flexibility index (Phi) is 3.82. The number of amides is 1. The molecule has 1 fully saturated rings. The number of nitrogen functional groups attached to an aromatic ring is 1. The van der Waals surface area contributed by atoms with Crippen molar-refractivity contribution < 1.29 is 4.79 Å². The maximum absolute atomic E-state index is 12.0. The maximum Gasteiger partial charge on any atom is 0.227 e. The van der Waals surface area contributed by atoms with Crippen LogP contribution in [0.25, 0.3) is 0 Å². The molecule has 3 N–H and O–H groups in total. The van der Waals surface area contributed by atoms with Crippen LogP contribution in [-0.2, 0) is 10.2 Å². The Morgan fingerprint density at radius 1 is 1.43 bits per heavy atom. The fraction of sp³-hybridized carbons (Fsp3) is 0.667. The Balaban J connectivity index is 2.28. The molecule has 6 heteroatoms. The van der Waals surface area contributed by atoms with Crippen LogP contribution < -0.4 is 16.0 Å². The monoisotopic (exact) mass is 291 g/mol. The van der Waals surface area contributed by atoms with E-state index in [1.54, 1.807) is 13.1 Å². The van der Waals surface area contributed by atoms with Crippen molar-refractivity contribution in [3.63, 3.8) is 0 Å². The van der Waals surface area contributed by atoms with Gasteiger partial charge >= 0.3 is 0 Å². The van der Waals surface area contributed by atoms with E-state index in [9.17, 15) is 4.79 Å². The molecule has 2 rings (SSSR count). The first-order valence-corrected chi connectivity index (χ1v) is 7.28. The Labute approximate surface area is 126 Å². The summed E-state index contributed by atoms with van der Waals surface area (Å²) >= 11 is 0. The van der Waals surface area contributed by atoms with Gasteiger partial charge in [0.05, 0.1) is 5.41 Å². The number of rotatable bonds is 2. The molecule has 0 radical (unpaired) electrons. The number of hydrogen-bond acceptors (Lipinski definition) is 5. The van der Waals surface area contributed by atoms with Crippen LogP contribution in [0.3, 0.4) is 0 Å². The van der Waals surface area contributed by atoms with Crippen LogP contribution in [0.4, 0.5) is 11.6 Å². The Morgan fingerprint density at radius 2 is 2.10 bits per heavy atom. The summed E-state index contributed by atoms with van der Waals surface area (Å²) in [5, 5.41) is 2.74. The standard InChI is InChI=1S/C15H25N5O/c1-14(2,3)12-18-10(16)8-11(19-12)20-7-6-15(4,9-20)13(21)17-5/h8H,6-7,9H2,1-5H3,(H,17,21)(H2,16,18,19). The molecule has 1 aliphatic heterocycles. The van der Waals surface area contributed by atoms with Gasteiger partial charge in [-0.05, 0) is 13.3 Å². The number of anilines is 2. The third-order valence-corrected chi connectivity index (χ3v) is 3.98. The summed E-state index contributed by atoms with van der Waals surface area (Å²) < 4.78 is 0. The third kappa shape index (κ3) is 3.09. The van der Waals surface area contributed by atoms with E-state index in [-0.39, 0.29) is 16.7 Å². The minimum Gasteiger partial charge on any atom is -0.384 e. The fourth-order valence-corrected chi connectivity index (χ4v) is 2.59. The van der Waals surface area contributed by atoms with E-state index in [1.165, 1.54) is 0 Å². The zero-order valence-electron chi connectivity index (χ0n) is 13.5. The molecule has 1 aromatic rings. The van der Waals surface area contributed by atoms with Crippen molar-refractivity contribution in [1.29, 1.82) is 0 Å². The van der Waals surface area contributed by atoms with Gasteiger partial charge in [-0.25, -0.2) is 9.97 Å². The van der Waals surface area contributed by atoms with Crippen LogP contribution in [-0.4, -0.2) is 36.0 Å². The van der Waals surface area contributed by atoms with Gasteiger partial charge in [0.1, 0.15) is 17.5 Å². The summed E-state index contributed by atoms with van der Waals surface area (Å²) in [5.74, 6) is 2.08. The minimum absolute atomic E-state index is 0.0723. The highest BCUT2D eigenvalue weighted by atomic mass is 16.2. The molecule has 1 unspecified atom stereocenters. The number of nitrogens with zero attached hydrogens (tertiary/aromatic N) is 3. The molecule has 6 nitrogen and oxygen atoms in total. The van der Waals surface area contributed by atoms with Gasteiger partial charge in [0.2, 0.25) is 5.91 Å². The van der Waals surface area contributed by atoms with Crippen LogP contribution in [0.15, 0.2) is 6.07 Å². The molecule has 0 saturated carbocycles. The van der Waals surface area contributed by atoms with E-state index in [1.807, 2.05) is 6.92 Å². The molecular weight excluding hydrogens is 266 g/mol. The summed E-state index contributed by atoms with van der Waals surface area (Å²) in [7, 11) is 1.68. The van der Waals surface area contributed by atoms with Gasteiger partial charge in [0.15, 0.2) is 0 Å². The Bertz CT molecular complexity index is 551. The van der Waals surface area contributed by atoms with E-state index in [2.05, 4.69) is 41.0 Å². The first-order chi connectivity index (χ1) is 9.65. The zero-order valence-corrected chi connectivity index (χ0v) is 13.5. The average molecular weight is 291 g/mol. The zero-order chi connectivity index (χ0) is 15.8. The molecular formula is C15H25N5O. The molecule has 0 aromatic carbocycles. The van der Waals surface area contributed by atoms with Crippen molar-refractivity contribution in [3.05, 3.63) is 11.9 Å². The number of aromatic nitrogens is 2. The Morgan fingerprint density at radius 3 is 2.67 bits per heavy atom. The number of nitrogens with one attached hydrogen (secondary N) is 1. The second-order valence-corrected chi connectivity index (χ2v) is 7.04. The van der Waals surface area contributed by atoms with Crippen LogP contribution in [0.2, 0.25) is 0 Å².